The van der Waals surface area contributed by atoms with Gasteiger partial charge in [-0.1, -0.05) is 18.2 Å². The van der Waals surface area contributed by atoms with E-state index in [1.54, 1.807) is 9.58 Å². The van der Waals surface area contributed by atoms with Crippen LogP contribution in [0.3, 0.4) is 0 Å². The minimum Gasteiger partial charge on any atom is -0.396 e. The van der Waals surface area contributed by atoms with Crippen molar-refractivity contribution in [1.29, 1.82) is 0 Å². The van der Waals surface area contributed by atoms with Crippen molar-refractivity contribution in [2.75, 3.05) is 17.2 Å². The topological polar surface area (TPSA) is 64.2 Å². The zero-order valence-corrected chi connectivity index (χ0v) is 12.1. The number of anilines is 2. The second kappa shape index (κ2) is 5.77. The van der Waals surface area contributed by atoms with Gasteiger partial charge in [0.05, 0.1) is 17.1 Å². The molecule has 0 saturated carbocycles. The minimum atomic E-state index is 0.00398. The van der Waals surface area contributed by atoms with Crippen LogP contribution in [0.1, 0.15) is 18.3 Å². The number of amides is 1. The Labute approximate surface area is 119 Å². The fraction of sp³-hybridized carbons (Fsp3) is 0.333. The number of nitrogens with two attached hydrogens (primary N) is 1. The summed E-state index contributed by atoms with van der Waals surface area (Å²) in [5, 5.41) is 4.30. The lowest BCUT2D eigenvalue weighted by molar-refractivity contribution is -0.119. The molecule has 0 unspecified atom stereocenters. The fourth-order valence-electron chi connectivity index (χ4n) is 2.19. The van der Waals surface area contributed by atoms with Crippen LogP contribution >= 0.6 is 0 Å². The number of carbonyl (C=O) groups excluding carboxylic acids is 1. The van der Waals surface area contributed by atoms with Crippen LogP contribution in [0.15, 0.2) is 30.3 Å². The number of aryl methyl sites for hydroxylation is 1. The third-order valence-corrected chi connectivity index (χ3v) is 3.41. The van der Waals surface area contributed by atoms with Crippen molar-refractivity contribution in [3.05, 3.63) is 41.7 Å². The zero-order chi connectivity index (χ0) is 14.7. The molecule has 2 aromatic rings. The van der Waals surface area contributed by atoms with Gasteiger partial charge >= 0.3 is 0 Å². The molecule has 0 spiro atoms. The van der Waals surface area contributed by atoms with Gasteiger partial charge in [-0.3, -0.25) is 9.48 Å². The normalized spacial score (nSPS) is 10.6. The Hall–Kier alpha value is -2.30. The second-order valence-electron chi connectivity index (χ2n) is 4.72. The number of likely N-dealkylation sites (N-methyl/N-ethyl adjacent to an activating group) is 1. The van der Waals surface area contributed by atoms with Crippen molar-refractivity contribution in [3.8, 4) is 0 Å². The highest BCUT2D eigenvalue weighted by Gasteiger charge is 2.17. The first-order valence-electron chi connectivity index (χ1n) is 6.69. The molecule has 1 amide bonds. The molecular weight excluding hydrogens is 252 g/mol. The molecular formula is C15H20N4O. The number of nitrogen functional groups attached to an aromatic ring is 1. The molecule has 1 aromatic heterocycles. The van der Waals surface area contributed by atoms with E-state index < -0.39 is 0 Å². The molecule has 106 valence electrons. The predicted molar refractivity (Wildman–Crippen MR) is 80.6 cm³/mol. The molecule has 0 radical (unpaired) electrons. The van der Waals surface area contributed by atoms with E-state index in [9.17, 15) is 4.79 Å². The molecule has 2 N–H and O–H groups in total. The van der Waals surface area contributed by atoms with Crippen molar-refractivity contribution in [2.24, 2.45) is 0 Å². The van der Waals surface area contributed by atoms with E-state index in [0.717, 1.165) is 17.1 Å². The third kappa shape index (κ3) is 2.66. The number of nitrogens with zero attached hydrogens (tertiary/aromatic N) is 3. The van der Waals surface area contributed by atoms with E-state index in [1.807, 2.05) is 51.1 Å². The van der Waals surface area contributed by atoms with Gasteiger partial charge in [-0.25, -0.2) is 0 Å². The molecule has 20 heavy (non-hydrogen) atoms. The number of para-hydroxylation sites is 1. The summed E-state index contributed by atoms with van der Waals surface area (Å²) in [5.74, 6) is 0.00398. The van der Waals surface area contributed by atoms with Crippen molar-refractivity contribution in [1.82, 2.24) is 9.78 Å². The Morgan fingerprint density at radius 1 is 1.30 bits per heavy atom. The Morgan fingerprint density at radius 2 is 1.95 bits per heavy atom. The van der Waals surface area contributed by atoms with Gasteiger partial charge < -0.3 is 10.6 Å². The number of aromatic nitrogens is 2. The largest absolute Gasteiger partial charge is 0.396 e. The maximum absolute atomic E-state index is 12.4. The molecule has 0 saturated heterocycles. The summed E-state index contributed by atoms with van der Waals surface area (Å²) in [6.45, 7) is 6.50. The highest BCUT2D eigenvalue weighted by atomic mass is 16.2. The van der Waals surface area contributed by atoms with Crippen LogP contribution in [-0.4, -0.2) is 22.2 Å². The van der Waals surface area contributed by atoms with E-state index in [4.69, 9.17) is 5.73 Å². The molecule has 0 aliphatic rings. The number of carbonyl (C=O) groups is 1. The third-order valence-electron chi connectivity index (χ3n) is 3.41. The van der Waals surface area contributed by atoms with Crippen LogP contribution in [0.4, 0.5) is 11.4 Å². The second-order valence-corrected chi connectivity index (χ2v) is 4.72. The van der Waals surface area contributed by atoms with Gasteiger partial charge in [0.25, 0.3) is 0 Å². The van der Waals surface area contributed by atoms with Crippen molar-refractivity contribution < 1.29 is 4.79 Å². The van der Waals surface area contributed by atoms with E-state index in [1.165, 1.54) is 0 Å². The van der Waals surface area contributed by atoms with Crippen molar-refractivity contribution in [3.63, 3.8) is 0 Å². The summed E-state index contributed by atoms with van der Waals surface area (Å²) >= 11 is 0. The molecule has 1 aromatic carbocycles. The molecule has 5 heteroatoms. The number of rotatable bonds is 4. The minimum absolute atomic E-state index is 0.00398. The average Bonchev–Trinajstić information content (AvgIpc) is 2.68. The lowest BCUT2D eigenvalue weighted by Gasteiger charge is -2.21. The molecule has 1 heterocycles. The SMILES string of the molecule is CCN(C(=O)Cn1nc(C)c(N)c1C)c1ccccc1. The van der Waals surface area contributed by atoms with Crippen molar-refractivity contribution in [2.45, 2.75) is 27.3 Å². The zero-order valence-electron chi connectivity index (χ0n) is 12.1. The van der Waals surface area contributed by atoms with E-state index in [0.29, 0.717) is 12.2 Å². The molecule has 5 nitrogen and oxygen atoms in total. The Morgan fingerprint density at radius 3 is 2.45 bits per heavy atom. The van der Waals surface area contributed by atoms with Crippen LogP contribution in [0.5, 0.6) is 0 Å². The Bertz CT molecular complexity index is 604. The smallest absolute Gasteiger partial charge is 0.248 e. The molecule has 0 atom stereocenters. The first-order chi connectivity index (χ1) is 9.54. The number of hydrogen-bond donors (Lipinski definition) is 1. The van der Waals surface area contributed by atoms with Crippen LogP contribution in [0, 0.1) is 13.8 Å². The first kappa shape index (κ1) is 14.1. The lowest BCUT2D eigenvalue weighted by atomic mass is 10.3. The standard InChI is InChI=1S/C15H20N4O/c1-4-18(13-8-6-5-7-9-13)14(20)10-19-12(3)15(16)11(2)17-19/h5-9H,4,10,16H2,1-3H3. The van der Waals surface area contributed by atoms with Crippen molar-refractivity contribution >= 4 is 17.3 Å². The molecule has 2 rings (SSSR count). The maximum atomic E-state index is 12.4. The van der Waals surface area contributed by atoms with Crippen LogP contribution in [0.2, 0.25) is 0 Å². The first-order valence-corrected chi connectivity index (χ1v) is 6.69. The molecule has 0 fully saturated rings. The van der Waals surface area contributed by atoms with Crippen LogP contribution < -0.4 is 10.6 Å². The highest BCUT2D eigenvalue weighted by molar-refractivity contribution is 5.93. The molecule has 0 aliphatic heterocycles. The van der Waals surface area contributed by atoms with E-state index in [2.05, 4.69) is 5.10 Å². The summed E-state index contributed by atoms with van der Waals surface area (Å²) in [7, 11) is 0. The lowest BCUT2D eigenvalue weighted by Crippen LogP contribution is -2.34. The van der Waals surface area contributed by atoms with Gasteiger partial charge in [-0.05, 0) is 32.9 Å². The summed E-state index contributed by atoms with van der Waals surface area (Å²) in [4.78, 5) is 14.2. The van der Waals surface area contributed by atoms with E-state index in [-0.39, 0.29) is 12.5 Å². The van der Waals surface area contributed by atoms with Crippen LogP contribution in [0.25, 0.3) is 0 Å². The summed E-state index contributed by atoms with van der Waals surface area (Å²) in [5.41, 5.74) is 9.04. The predicted octanol–water partition coefficient (Wildman–Crippen LogP) is 2.14. The van der Waals surface area contributed by atoms with Gasteiger partial charge in [0.2, 0.25) is 5.91 Å². The Balaban J connectivity index is 2.20. The van der Waals surface area contributed by atoms with Gasteiger partial charge in [-0.15, -0.1) is 0 Å². The summed E-state index contributed by atoms with van der Waals surface area (Å²) < 4.78 is 1.67. The summed E-state index contributed by atoms with van der Waals surface area (Å²) in [6, 6.07) is 9.64. The average molecular weight is 272 g/mol. The molecule has 0 aliphatic carbocycles. The quantitative estimate of drug-likeness (QED) is 0.927. The molecule has 0 bridgehead atoms. The monoisotopic (exact) mass is 272 g/mol. The van der Waals surface area contributed by atoms with Crippen LogP contribution in [-0.2, 0) is 11.3 Å². The number of hydrogen-bond acceptors (Lipinski definition) is 3. The maximum Gasteiger partial charge on any atom is 0.248 e. The van der Waals surface area contributed by atoms with Gasteiger partial charge in [0, 0.05) is 12.2 Å². The summed E-state index contributed by atoms with van der Waals surface area (Å²) in [6.07, 6.45) is 0. The number of benzene rings is 1. The van der Waals surface area contributed by atoms with Gasteiger partial charge in [0.15, 0.2) is 0 Å². The van der Waals surface area contributed by atoms with E-state index >= 15 is 0 Å². The highest BCUT2D eigenvalue weighted by Crippen LogP contribution is 2.17. The fourth-order valence-corrected chi connectivity index (χ4v) is 2.19. The van der Waals surface area contributed by atoms with Gasteiger partial charge in [0.1, 0.15) is 6.54 Å². The Kier molecular flexibility index (Phi) is 4.08. The van der Waals surface area contributed by atoms with Gasteiger partial charge in [-0.2, -0.15) is 5.10 Å².